The fraction of sp³-hybridized carbons (Fsp3) is 0.263. The Bertz CT molecular complexity index is 771. The number of ether oxygens (including phenoxy) is 1. The summed E-state index contributed by atoms with van der Waals surface area (Å²) in [5.74, 6) is 0.506. The van der Waals surface area contributed by atoms with Gasteiger partial charge in [0.1, 0.15) is 5.75 Å². The van der Waals surface area contributed by atoms with Gasteiger partial charge in [0.05, 0.1) is 0 Å². The highest BCUT2D eigenvalue weighted by Gasteiger charge is 2.15. The number of hydrogen-bond acceptors (Lipinski definition) is 3. The second-order valence-corrected chi connectivity index (χ2v) is 5.86. The highest BCUT2D eigenvalue weighted by molar-refractivity contribution is 5.94. The Morgan fingerprint density at radius 2 is 2.04 bits per heavy atom. The molecule has 2 aromatic carbocycles. The number of hydrogen-bond donors (Lipinski definition) is 2. The van der Waals surface area contributed by atoms with Crippen LogP contribution in [-0.2, 0) is 22.6 Å². The lowest BCUT2D eigenvalue weighted by atomic mass is 10.0. The van der Waals surface area contributed by atoms with E-state index in [9.17, 15) is 9.59 Å². The average molecular weight is 324 g/mol. The number of fused-ring (bicyclic) bond motifs is 1. The van der Waals surface area contributed by atoms with Crippen molar-refractivity contribution < 1.29 is 14.3 Å². The lowest BCUT2D eigenvalue weighted by molar-refractivity contribution is -0.123. The quantitative estimate of drug-likeness (QED) is 0.888. The van der Waals surface area contributed by atoms with E-state index in [2.05, 4.69) is 10.6 Å². The van der Waals surface area contributed by atoms with Crippen LogP contribution in [0.5, 0.6) is 5.75 Å². The SMILES string of the molecule is Cc1ccccc1CNC(=O)COc1ccc2c(c1)CCC(=O)N2. The van der Waals surface area contributed by atoms with Crippen molar-refractivity contribution in [2.24, 2.45) is 0 Å². The van der Waals surface area contributed by atoms with Crippen molar-refractivity contribution in [2.45, 2.75) is 26.3 Å². The molecule has 5 nitrogen and oxygen atoms in total. The number of carbonyl (C=O) groups excluding carboxylic acids is 2. The average Bonchev–Trinajstić information content (AvgIpc) is 2.59. The Hall–Kier alpha value is -2.82. The van der Waals surface area contributed by atoms with Gasteiger partial charge in [-0.3, -0.25) is 9.59 Å². The van der Waals surface area contributed by atoms with Crippen LogP contribution < -0.4 is 15.4 Å². The molecule has 5 heteroatoms. The fourth-order valence-corrected chi connectivity index (χ4v) is 2.65. The summed E-state index contributed by atoms with van der Waals surface area (Å²) in [6.07, 6.45) is 1.17. The molecule has 1 aliphatic heterocycles. The van der Waals surface area contributed by atoms with Gasteiger partial charge in [-0.25, -0.2) is 0 Å². The normalized spacial score (nSPS) is 13.0. The second kappa shape index (κ2) is 7.17. The molecule has 0 saturated heterocycles. The molecule has 1 aliphatic rings. The highest BCUT2D eigenvalue weighted by Crippen LogP contribution is 2.26. The van der Waals surface area contributed by atoms with E-state index in [4.69, 9.17) is 4.74 Å². The fourth-order valence-electron chi connectivity index (χ4n) is 2.65. The number of benzene rings is 2. The van der Waals surface area contributed by atoms with Crippen LogP contribution in [0.3, 0.4) is 0 Å². The molecule has 3 rings (SSSR count). The van der Waals surface area contributed by atoms with Crippen LogP contribution >= 0.6 is 0 Å². The van der Waals surface area contributed by atoms with Gasteiger partial charge in [0.15, 0.2) is 6.61 Å². The maximum atomic E-state index is 11.9. The van der Waals surface area contributed by atoms with Gasteiger partial charge < -0.3 is 15.4 Å². The largest absolute Gasteiger partial charge is 0.484 e. The van der Waals surface area contributed by atoms with Crippen LogP contribution in [0.25, 0.3) is 0 Å². The van der Waals surface area contributed by atoms with Crippen molar-refractivity contribution in [2.75, 3.05) is 11.9 Å². The number of rotatable bonds is 5. The Morgan fingerprint density at radius 3 is 2.88 bits per heavy atom. The lowest BCUT2D eigenvalue weighted by Crippen LogP contribution is -2.28. The number of amides is 2. The third-order valence-electron chi connectivity index (χ3n) is 4.08. The maximum Gasteiger partial charge on any atom is 0.258 e. The summed E-state index contributed by atoms with van der Waals surface area (Å²) < 4.78 is 5.55. The zero-order chi connectivity index (χ0) is 16.9. The van der Waals surface area contributed by atoms with Crippen molar-refractivity contribution in [3.8, 4) is 5.75 Å². The van der Waals surface area contributed by atoms with Crippen molar-refractivity contribution in [3.05, 3.63) is 59.2 Å². The summed E-state index contributed by atoms with van der Waals surface area (Å²) in [6, 6.07) is 13.4. The smallest absolute Gasteiger partial charge is 0.258 e. The van der Waals surface area contributed by atoms with E-state index >= 15 is 0 Å². The van der Waals surface area contributed by atoms with Gasteiger partial charge in [0, 0.05) is 18.7 Å². The molecule has 1 heterocycles. The molecule has 0 saturated carbocycles. The zero-order valence-corrected chi connectivity index (χ0v) is 13.6. The Kier molecular flexibility index (Phi) is 4.79. The number of nitrogens with one attached hydrogen (secondary N) is 2. The minimum Gasteiger partial charge on any atom is -0.484 e. The van der Waals surface area contributed by atoms with Crippen LogP contribution in [0.15, 0.2) is 42.5 Å². The predicted octanol–water partition coefficient (Wildman–Crippen LogP) is 2.57. The Morgan fingerprint density at radius 1 is 1.21 bits per heavy atom. The van der Waals surface area contributed by atoms with E-state index in [0.717, 1.165) is 22.4 Å². The highest BCUT2D eigenvalue weighted by atomic mass is 16.5. The molecule has 2 N–H and O–H groups in total. The van der Waals surface area contributed by atoms with Gasteiger partial charge in [-0.05, 0) is 48.2 Å². The number of anilines is 1. The molecule has 0 fully saturated rings. The van der Waals surface area contributed by atoms with Gasteiger partial charge in [-0.1, -0.05) is 24.3 Å². The summed E-state index contributed by atoms with van der Waals surface area (Å²) in [4.78, 5) is 23.3. The molecule has 2 aromatic rings. The first kappa shape index (κ1) is 16.1. The first-order chi connectivity index (χ1) is 11.6. The van der Waals surface area contributed by atoms with Crippen LogP contribution in [-0.4, -0.2) is 18.4 Å². The summed E-state index contributed by atoms with van der Waals surface area (Å²) in [7, 11) is 0. The van der Waals surface area contributed by atoms with Gasteiger partial charge in [0.2, 0.25) is 5.91 Å². The third-order valence-corrected chi connectivity index (χ3v) is 4.08. The van der Waals surface area contributed by atoms with Crippen LogP contribution in [0.1, 0.15) is 23.1 Å². The first-order valence-corrected chi connectivity index (χ1v) is 7.98. The molecular formula is C19H20N2O3. The summed E-state index contributed by atoms with van der Waals surface area (Å²) >= 11 is 0. The van der Waals surface area contributed by atoms with E-state index < -0.39 is 0 Å². The summed E-state index contributed by atoms with van der Waals surface area (Å²) in [6.45, 7) is 2.48. The van der Waals surface area contributed by atoms with Crippen LogP contribution in [0.2, 0.25) is 0 Å². The molecule has 24 heavy (non-hydrogen) atoms. The standard InChI is InChI=1S/C19H20N2O3/c1-13-4-2-3-5-15(13)11-20-19(23)12-24-16-7-8-17-14(10-16)6-9-18(22)21-17/h2-5,7-8,10H,6,9,11-12H2,1H3,(H,20,23)(H,21,22). The van der Waals surface area contributed by atoms with Crippen molar-refractivity contribution in [1.82, 2.24) is 5.32 Å². The molecule has 2 amide bonds. The van der Waals surface area contributed by atoms with Crippen molar-refractivity contribution >= 4 is 17.5 Å². The second-order valence-electron chi connectivity index (χ2n) is 5.86. The number of aryl methyl sites for hydroxylation is 2. The summed E-state index contributed by atoms with van der Waals surface area (Å²) in [5, 5.41) is 5.68. The molecule has 124 valence electrons. The zero-order valence-electron chi connectivity index (χ0n) is 13.6. The maximum absolute atomic E-state index is 11.9. The molecule has 0 spiro atoms. The first-order valence-electron chi connectivity index (χ1n) is 7.98. The molecule has 0 radical (unpaired) electrons. The minimum atomic E-state index is -0.163. The Balaban J connectivity index is 1.51. The molecular weight excluding hydrogens is 304 g/mol. The molecule has 0 aliphatic carbocycles. The predicted molar refractivity (Wildman–Crippen MR) is 91.9 cm³/mol. The third kappa shape index (κ3) is 3.93. The van der Waals surface area contributed by atoms with Gasteiger partial charge in [-0.2, -0.15) is 0 Å². The topological polar surface area (TPSA) is 67.4 Å². The van der Waals surface area contributed by atoms with E-state index in [1.54, 1.807) is 6.07 Å². The molecule has 0 aromatic heterocycles. The monoisotopic (exact) mass is 324 g/mol. The van der Waals surface area contributed by atoms with E-state index in [-0.39, 0.29) is 18.4 Å². The Labute approximate surface area is 141 Å². The molecule has 0 atom stereocenters. The van der Waals surface area contributed by atoms with E-state index in [1.807, 2.05) is 43.3 Å². The lowest BCUT2D eigenvalue weighted by Gasteiger charge is -2.17. The molecule has 0 bridgehead atoms. The number of carbonyl (C=O) groups is 2. The summed E-state index contributed by atoms with van der Waals surface area (Å²) in [5.41, 5.74) is 4.10. The van der Waals surface area contributed by atoms with Crippen LogP contribution in [0.4, 0.5) is 5.69 Å². The van der Waals surface area contributed by atoms with E-state index in [0.29, 0.717) is 25.1 Å². The van der Waals surface area contributed by atoms with Gasteiger partial charge in [0.25, 0.3) is 5.91 Å². The van der Waals surface area contributed by atoms with Gasteiger partial charge in [-0.15, -0.1) is 0 Å². The van der Waals surface area contributed by atoms with Crippen LogP contribution in [0, 0.1) is 6.92 Å². The molecule has 0 unspecified atom stereocenters. The van der Waals surface area contributed by atoms with Gasteiger partial charge >= 0.3 is 0 Å². The van der Waals surface area contributed by atoms with Crippen molar-refractivity contribution in [3.63, 3.8) is 0 Å². The van der Waals surface area contributed by atoms with Crippen molar-refractivity contribution in [1.29, 1.82) is 0 Å². The van der Waals surface area contributed by atoms with E-state index in [1.165, 1.54) is 0 Å². The minimum absolute atomic E-state index is 0.0307.